The zero-order valence-electron chi connectivity index (χ0n) is 21.4. The van der Waals surface area contributed by atoms with Gasteiger partial charge >= 0.3 is 0 Å². The number of aryl methyl sites for hydroxylation is 2. The first kappa shape index (κ1) is 21.9. The lowest BCUT2D eigenvalue weighted by molar-refractivity contribution is -0.659. The molecule has 4 aromatic rings. The van der Waals surface area contributed by atoms with Gasteiger partial charge in [0, 0.05) is 16.2 Å². The third-order valence-corrected chi connectivity index (χ3v) is 6.87. The Kier molecular flexibility index (Phi) is 5.04. The Morgan fingerprint density at radius 2 is 1.70 bits per heavy atom. The quantitative estimate of drug-likeness (QED) is 0.260. The normalized spacial score (nSPS) is 13.0. The number of fused-ring (bicyclic) bond motifs is 4. The molecule has 33 heavy (non-hydrogen) atoms. The Hall–Kier alpha value is -2.87. The summed E-state index contributed by atoms with van der Waals surface area (Å²) in [7, 11) is 2.15. The Labute approximate surface area is 198 Å². The zero-order chi connectivity index (χ0) is 23.7. The molecule has 0 spiro atoms. The van der Waals surface area contributed by atoms with Gasteiger partial charge in [-0.1, -0.05) is 52.8 Å². The van der Waals surface area contributed by atoms with Crippen molar-refractivity contribution >= 4 is 21.5 Å². The molecule has 2 nitrogen and oxygen atoms in total. The van der Waals surface area contributed by atoms with Gasteiger partial charge in [-0.3, -0.25) is 0 Å². The monoisotopic (exact) mass is 438 g/mol. The molecule has 0 bridgehead atoms. The van der Waals surface area contributed by atoms with Gasteiger partial charge in [0.25, 0.3) is 5.69 Å². The second-order valence-electron chi connectivity index (χ2n) is 11.7. The number of hydrogen-bond donors (Lipinski definition) is 0. The zero-order valence-corrected chi connectivity index (χ0v) is 21.4. The highest BCUT2D eigenvalue weighted by Crippen LogP contribution is 2.50. The van der Waals surface area contributed by atoms with E-state index in [9.17, 15) is 0 Å². The first-order valence-electron chi connectivity index (χ1n) is 12.2. The van der Waals surface area contributed by atoms with Crippen LogP contribution >= 0.6 is 0 Å². The van der Waals surface area contributed by atoms with E-state index in [4.69, 9.17) is 4.74 Å². The van der Waals surface area contributed by atoms with Crippen molar-refractivity contribution in [3.8, 4) is 22.8 Å². The molecule has 1 aromatic heterocycles. The van der Waals surface area contributed by atoms with Gasteiger partial charge in [-0.2, -0.15) is 4.57 Å². The van der Waals surface area contributed by atoms with Crippen molar-refractivity contribution in [1.29, 1.82) is 0 Å². The van der Waals surface area contributed by atoms with Crippen LogP contribution in [0, 0.1) is 25.2 Å². The van der Waals surface area contributed by atoms with Crippen LogP contribution in [0.1, 0.15) is 56.9 Å². The summed E-state index contributed by atoms with van der Waals surface area (Å²) in [6.45, 7) is 15.9. The highest BCUT2D eigenvalue weighted by Gasteiger charge is 2.32. The molecule has 3 aromatic carbocycles. The molecule has 170 valence electrons. The number of ether oxygens (including phenoxy) is 1. The van der Waals surface area contributed by atoms with Gasteiger partial charge in [0.15, 0.2) is 6.20 Å². The van der Waals surface area contributed by atoms with Crippen molar-refractivity contribution in [3.05, 3.63) is 64.8 Å². The molecule has 0 saturated heterocycles. The fraction of sp³-hybridized carbons (Fsp3) is 0.387. The van der Waals surface area contributed by atoms with E-state index >= 15 is 0 Å². The summed E-state index contributed by atoms with van der Waals surface area (Å²) in [4.78, 5) is 0. The van der Waals surface area contributed by atoms with Crippen LogP contribution in [0.25, 0.3) is 32.8 Å². The summed E-state index contributed by atoms with van der Waals surface area (Å²) >= 11 is 0. The second kappa shape index (κ2) is 7.58. The summed E-state index contributed by atoms with van der Waals surface area (Å²) in [6.07, 6.45) is 4.35. The number of hydrogen-bond acceptors (Lipinski definition) is 1. The smallest absolute Gasteiger partial charge is 0.257 e. The minimum absolute atomic E-state index is 0.242. The maximum Gasteiger partial charge on any atom is 0.257 e. The highest BCUT2D eigenvalue weighted by molar-refractivity contribution is 6.07. The predicted molar refractivity (Wildman–Crippen MR) is 139 cm³/mol. The van der Waals surface area contributed by atoms with Gasteiger partial charge in [-0.05, 0) is 83.9 Å². The van der Waals surface area contributed by atoms with E-state index in [0.717, 1.165) is 24.3 Å². The summed E-state index contributed by atoms with van der Waals surface area (Å²) in [5, 5.41) is 4.96. The number of nitrogens with zero attached hydrogens (tertiary/aromatic N) is 1. The van der Waals surface area contributed by atoms with E-state index in [1.807, 2.05) is 0 Å². The first-order valence-corrected chi connectivity index (χ1v) is 12.2. The lowest BCUT2D eigenvalue weighted by atomic mass is 9.86. The Bertz CT molecular complexity index is 1420. The molecule has 0 aliphatic carbocycles. The van der Waals surface area contributed by atoms with Crippen LogP contribution in [-0.4, -0.2) is 0 Å². The molecule has 5 rings (SSSR count). The largest absolute Gasteiger partial charge is 0.449 e. The molecular formula is C31H36NO+. The molecule has 0 unspecified atom stereocenters. The first-order chi connectivity index (χ1) is 15.5. The molecule has 1 aliphatic heterocycles. The Balaban J connectivity index is 1.84. The molecule has 2 heteroatoms. The van der Waals surface area contributed by atoms with Crippen molar-refractivity contribution in [1.82, 2.24) is 0 Å². The van der Waals surface area contributed by atoms with Crippen LogP contribution in [0.2, 0.25) is 0 Å². The van der Waals surface area contributed by atoms with Crippen molar-refractivity contribution in [2.45, 2.75) is 61.3 Å². The van der Waals surface area contributed by atoms with Crippen LogP contribution < -0.4 is 9.30 Å². The van der Waals surface area contributed by atoms with Gasteiger partial charge in [0.1, 0.15) is 12.8 Å². The minimum atomic E-state index is 0.242. The van der Waals surface area contributed by atoms with Crippen LogP contribution in [0.4, 0.5) is 0 Å². The number of aromatic nitrogens is 1. The molecule has 2 heterocycles. The highest BCUT2D eigenvalue weighted by atomic mass is 16.5. The van der Waals surface area contributed by atoms with E-state index in [2.05, 4.69) is 103 Å². The fourth-order valence-corrected chi connectivity index (χ4v) is 5.47. The van der Waals surface area contributed by atoms with Gasteiger partial charge in [0.2, 0.25) is 5.75 Å². The standard InChI is InChI=1S/C31H36NO/c1-18(2)11-22-13-24-12-19(3)20(4)27-28(24)26(15-22)33-30-25-14-21(16-31(5,6)7)9-10-23(25)17-32(8)29(27)30/h9-10,12-15,17-18H,11,16H2,1-8H3/q+1. The molecule has 0 saturated carbocycles. The van der Waals surface area contributed by atoms with E-state index in [1.54, 1.807) is 0 Å². The average molecular weight is 439 g/mol. The molecular weight excluding hydrogens is 402 g/mol. The Morgan fingerprint density at radius 3 is 2.39 bits per heavy atom. The molecule has 0 fully saturated rings. The van der Waals surface area contributed by atoms with E-state index < -0.39 is 0 Å². The van der Waals surface area contributed by atoms with E-state index in [1.165, 1.54) is 55.1 Å². The summed E-state index contributed by atoms with van der Waals surface area (Å²) in [5.41, 5.74) is 8.13. The molecule has 0 N–H and O–H groups in total. The SMILES string of the molecule is Cc1cc2cc(CC(C)C)cc3c2c(c1C)-c1c(c2cc(CC(C)(C)C)ccc2c[n+]1C)O3. The lowest BCUT2D eigenvalue weighted by Gasteiger charge is -2.24. The molecule has 0 radical (unpaired) electrons. The second-order valence-corrected chi connectivity index (χ2v) is 11.7. The summed E-state index contributed by atoms with van der Waals surface area (Å²) in [6, 6.07) is 13.9. The third-order valence-electron chi connectivity index (χ3n) is 6.87. The molecule has 0 amide bonds. The summed E-state index contributed by atoms with van der Waals surface area (Å²) < 4.78 is 9.08. The fourth-order valence-electron chi connectivity index (χ4n) is 5.47. The molecule has 0 atom stereocenters. The maximum atomic E-state index is 6.83. The van der Waals surface area contributed by atoms with Gasteiger partial charge in [0.05, 0.1) is 5.56 Å². The van der Waals surface area contributed by atoms with Crippen molar-refractivity contribution in [3.63, 3.8) is 0 Å². The summed E-state index contributed by atoms with van der Waals surface area (Å²) in [5.74, 6) is 2.60. The van der Waals surface area contributed by atoms with Crippen LogP contribution in [0.3, 0.4) is 0 Å². The van der Waals surface area contributed by atoms with Gasteiger partial charge in [-0.25, -0.2) is 0 Å². The Morgan fingerprint density at radius 1 is 0.939 bits per heavy atom. The number of pyridine rings is 1. The van der Waals surface area contributed by atoms with Crippen molar-refractivity contribution in [2.75, 3.05) is 0 Å². The maximum absolute atomic E-state index is 6.83. The lowest BCUT2D eigenvalue weighted by Crippen LogP contribution is -2.32. The van der Waals surface area contributed by atoms with Gasteiger partial charge in [-0.15, -0.1) is 0 Å². The predicted octanol–water partition coefficient (Wildman–Crippen LogP) is 7.99. The van der Waals surface area contributed by atoms with E-state index in [0.29, 0.717) is 5.92 Å². The molecule has 1 aliphatic rings. The minimum Gasteiger partial charge on any atom is -0.449 e. The number of rotatable bonds is 3. The van der Waals surface area contributed by atoms with E-state index in [-0.39, 0.29) is 5.41 Å². The van der Waals surface area contributed by atoms with Gasteiger partial charge < -0.3 is 4.74 Å². The van der Waals surface area contributed by atoms with Crippen molar-refractivity contribution < 1.29 is 9.30 Å². The third kappa shape index (κ3) is 3.80. The van der Waals surface area contributed by atoms with Crippen LogP contribution in [0.15, 0.2) is 42.6 Å². The van der Waals surface area contributed by atoms with Crippen LogP contribution in [0.5, 0.6) is 11.5 Å². The average Bonchev–Trinajstić information content (AvgIpc) is 2.70. The van der Waals surface area contributed by atoms with Crippen molar-refractivity contribution in [2.24, 2.45) is 18.4 Å². The topological polar surface area (TPSA) is 13.1 Å². The number of benzene rings is 3. The van der Waals surface area contributed by atoms with Crippen LogP contribution in [-0.2, 0) is 19.9 Å².